The Hall–Kier alpha value is -4.37. The highest BCUT2D eigenvalue weighted by atomic mass is 19.4. The van der Waals surface area contributed by atoms with E-state index in [1.54, 1.807) is 6.08 Å². The van der Waals surface area contributed by atoms with Gasteiger partial charge in [-0.05, 0) is 47.9 Å². The molecule has 1 aliphatic rings. The van der Waals surface area contributed by atoms with Crippen molar-refractivity contribution in [2.75, 3.05) is 13.1 Å². The van der Waals surface area contributed by atoms with E-state index in [-0.39, 0.29) is 24.6 Å². The summed E-state index contributed by atoms with van der Waals surface area (Å²) in [6.45, 7) is 0.273. The molecule has 3 aromatic carbocycles. The second-order valence-electron chi connectivity index (χ2n) is 9.47. The Morgan fingerprint density at radius 3 is 2.44 bits per heavy atom. The number of alkyl halides is 3. The van der Waals surface area contributed by atoms with Crippen LogP contribution < -0.4 is 5.73 Å². The van der Waals surface area contributed by atoms with E-state index in [9.17, 15) is 22.8 Å². The second kappa shape index (κ2) is 10.8. The van der Waals surface area contributed by atoms with Crippen molar-refractivity contribution in [1.82, 2.24) is 14.8 Å². The van der Waals surface area contributed by atoms with Crippen LogP contribution in [0, 0.1) is 0 Å². The largest absolute Gasteiger partial charge is 0.416 e. The molecule has 5 rings (SSSR count). The predicted octanol–water partition coefficient (Wildman–Crippen LogP) is 5.08. The molecule has 200 valence electrons. The van der Waals surface area contributed by atoms with Crippen molar-refractivity contribution in [2.24, 2.45) is 5.73 Å². The van der Waals surface area contributed by atoms with E-state index in [1.165, 1.54) is 28.0 Å². The molecule has 9 heteroatoms. The third kappa shape index (κ3) is 5.58. The number of amides is 2. The van der Waals surface area contributed by atoms with Crippen molar-refractivity contribution >= 4 is 28.8 Å². The molecule has 2 atom stereocenters. The minimum Gasteiger partial charge on any atom is -0.361 e. The minimum absolute atomic E-state index is 0.0790. The van der Waals surface area contributed by atoms with Crippen molar-refractivity contribution in [2.45, 2.75) is 24.8 Å². The molecule has 2 heterocycles. The van der Waals surface area contributed by atoms with Gasteiger partial charge < -0.3 is 20.5 Å². The van der Waals surface area contributed by atoms with E-state index in [4.69, 9.17) is 5.73 Å². The number of piperazine rings is 1. The number of aromatic nitrogens is 1. The molecule has 6 nitrogen and oxygen atoms in total. The Labute approximate surface area is 223 Å². The molecule has 1 aromatic heterocycles. The van der Waals surface area contributed by atoms with Crippen LogP contribution in [0.25, 0.3) is 17.0 Å². The molecular formula is C30H27F3N4O2. The molecule has 4 aromatic rings. The summed E-state index contributed by atoms with van der Waals surface area (Å²) in [5.74, 6) is -0.866. The summed E-state index contributed by atoms with van der Waals surface area (Å²) in [5, 5.41) is 0.948. The first-order chi connectivity index (χ1) is 18.7. The highest BCUT2D eigenvalue weighted by Gasteiger charge is 2.39. The summed E-state index contributed by atoms with van der Waals surface area (Å²) < 4.78 is 40.0. The summed E-state index contributed by atoms with van der Waals surface area (Å²) >= 11 is 0. The molecule has 1 saturated heterocycles. The number of halogens is 3. The molecule has 0 bridgehead atoms. The minimum atomic E-state index is -4.58. The fourth-order valence-electron chi connectivity index (χ4n) is 5.01. The number of rotatable bonds is 5. The number of carbonyl (C=O) groups excluding carboxylic acids is 2. The van der Waals surface area contributed by atoms with Gasteiger partial charge in [0, 0.05) is 41.8 Å². The van der Waals surface area contributed by atoms with E-state index in [1.807, 2.05) is 60.8 Å². The Bertz CT molecular complexity index is 1510. The van der Waals surface area contributed by atoms with Crippen LogP contribution in [0.3, 0.4) is 0 Å². The highest BCUT2D eigenvalue weighted by molar-refractivity contribution is 5.96. The van der Waals surface area contributed by atoms with Gasteiger partial charge in [0.1, 0.15) is 6.17 Å². The standard InChI is InChI=1S/C30H27F3N4O2/c31-30(32,33)23-10-6-9-21(17-23)29(39)36-15-16-37(27(38)14-13-20-7-2-1-3-8-20)28(34)26(36)18-22-19-35-25-12-5-4-11-24(22)25/h1-14,17,19,26,28,35H,15-16,18,34H2. The average Bonchev–Trinajstić information content (AvgIpc) is 3.35. The lowest BCUT2D eigenvalue weighted by molar-refractivity contribution is -0.137. The molecule has 1 aliphatic heterocycles. The van der Waals surface area contributed by atoms with Crippen LogP contribution in [-0.4, -0.2) is 51.9 Å². The lowest BCUT2D eigenvalue weighted by Crippen LogP contribution is -2.66. The van der Waals surface area contributed by atoms with Gasteiger partial charge in [-0.3, -0.25) is 9.59 Å². The number of hydrogen-bond acceptors (Lipinski definition) is 3. The summed E-state index contributed by atoms with van der Waals surface area (Å²) in [5.41, 5.74) is 8.32. The Morgan fingerprint density at radius 1 is 0.949 bits per heavy atom. The van der Waals surface area contributed by atoms with Crippen molar-refractivity contribution in [3.63, 3.8) is 0 Å². The predicted molar refractivity (Wildman–Crippen MR) is 143 cm³/mol. The zero-order valence-corrected chi connectivity index (χ0v) is 20.9. The number of hydrogen-bond donors (Lipinski definition) is 2. The van der Waals surface area contributed by atoms with Gasteiger partial charge in [-0.2, -0.15) is 13.2 Å². The van der Waals surface area contributed by atoms with Crippen LogP contribution in [0.1, 0.15) is 27.0 Å². The topological polar surface area (TPSA) is 82.4 Å². The van der Waals surface area contributed by atoms with Crippen molar-refractivity contribution in [3.05, 3.63) is 113 Å². The van der Waals surface area contributed by atoms with E-state index in [0.717, 1.165) is 34.2 Å². The lowest BCUT2D eigenvalue weighted by atomic mass is 9.97. The molecule has 0 saturated carbocycles. The van der Waals surface area contributed by atoms with E-state index < -0.39 is 29.9 Å². The molecule has 2 amide bonds. The zero-order valence-electron chi connectivity index (χ0n) is 20.9. The molecule has 0 radical (unpaired) electrons. The van der Waals surface area contributed by atoms with Crippen LogP contribution >= 0.6 is 0 Å². The summed E-state index contributed by atoms with van der Waals surface area (Å²) in [6.07, 6.45) is -0.170. The molecule has 2 unspecified atom stereocenters. The summed E-state index contributed by atoms with van der Waals surface area (Å²) in [7, 11) is 0. The quantitative estimate of drug-likeness (QED) is 0.352. The van der Waals surface area contributed by atoms with Crippen LogP contribution in [0.15, 0.2) is 91.1 Å². The Kier molecular flexibility index (Phi) is 7.26. The number of carbonyl (C=O) groups is 2. The molecule has 0 spiro atoms. The van der Waals surface area contributed by atoms with Gasteiger partial charge in [-0.15, -0.1) is 0 Å². The number of para-hydroxylation sites is 1. The molecular weight excluding hydrogens is 505 g/mol. The van der Waals surface area contributed by atoms with Crippen molar-refractivity contribution in [3.8, 4) is 0 Å². The van der Waals surface area contributed by atoms with Crippen molar-refractivity contribution < 1.29 is 22.8 Å². The van der Waals surface area contributed by atoms with E-state index >= 15 is 0 Å². The number of nitrogens with two attached hydrogens (primary N) is 1. The lowest BCUT2D eigenvalue weighted by Gasteiger charge is -2.46. The summed E-state index contributed by atoms with van der Waals surface area (Å²) in [6, 6.07) is 20.7. The third-order valence-corrected chi connectivity index (χ3v) is 7.04. The molecule has 39 heavy (non-hydrogen) atoms. The normalized spacial score (nSPS) is 18.2. The Balaban J connectivity index is 1.46. The molecule has 0 aliphatic carbocycles. The second-order valence-corrected chi connectivity index (χ2v) is 9.47. The Morgan fingerprint density at radius 2 is 1.67 bits per heavy atom. The smallest absolute Gasteiger partial charge is 0.361 e. The number of fused-ring (bicyclic) bond motifs is 1. The molecule has 3 N–H and O–H groups in total. The van der Waals surface area contributed by atoms with Gasteiger partial charge in [-0.25, -0.2) is 0 Å². The zero-order chi connectivity index (χ0) is 27.6. The number of benzene rings is 3. The van der Waals surface area contributed by atoms with E-state index in [2.05, 4.69) is 4.98 Å². The first kappa shape index (κ1) is 26.2. The van der Waals surface area contributed by atoms with Gasteiger partial charge in [0.25, 0.3) is 5.91 Å². The average molecular weight is 533 g/mol. The number of nitrogens with one attached hydrogen (secondary N) is 1. The van der Waals surface area contributed by atoms with Gasteiger partial charge in [0.2, 0.25) is 5.91 Å². The van der Waals surface area contributed by atoms with Gasteiger partial charge >= 0.3 is 6.18 Å². The van der Waals surface area contributed by atoms with Gasteiger partial charge in [0.15, 0.2) is 0 Å². The number of nitrogens with zero attached hydrogens (tertiary/aromatic N) is 2. The van der Waals surface area contributed by atoms with Crippen LogP contribution in [0.4, 0.5) is 13.2 Å². The maximum absolute atomic E-state index is 13.6. The monoisotopic (exact) mass is 532 g/mol. The van der Waals surface area contributed by atoms with Crippen molar-refractivity contribution in [1.29, 1.82) is 0 Å². The SMILES string of the molecule is NC1C(Cc2c[nH]c3ccccc23)N(C(=O)c2cccc(C(F)(F)F)c2)CCN1C(=O)C=Cc1ccccc1. The number of H-pyrrole nitrogens is 1. The highest BCUT2D eigenvalue weighted by Crippen LogP contribution is 2.31. The first-order valence-electron chi connectivity index (χ1n) is 12.5. The van der Waals surface area contributed by atoms with Crippen LogP contribution in [0.5, 0.6) is 0 Å². The fourth-order valence-corrected chi connectivity index (χ4v) is 5.01. The maximum atomic E-state index is 13.6. The number of aromatic amines is 1. The summed E-state index contributed by atoms with van der Waals surface area (Å²) in [4.78, 5) is 33.0. The van der Waals surface area contributed by atoms with Crippen LogP contribution in [0.2, 0.25) is 0 Å². The fraction of sp³-hybridized carbons (Fsp3) is 0.200. The van der Waals surface area contributed by atoms with Gasteiger partial charge in [-0.1, -0.05) is 54.6 Å². The van der Waals surface area contributed by atoms with Gasteiger partial charge in [0.05, 0.1) is 11.6 Å². The third-order valence-electron chi connectivity index (χ3n) is 7.04. The first-order valence-corrected chi connectivity index (χ1v) is 12.5. The van der Waals surface area contributed by atoms with E-state index in [0.29, 0.717) is 6.42 Å². The van der Waals surface area contributed by atoms with Crippen LogP contribution in [-0.2, 0) is 17.4 Å². The molecule has 1 fully saturated rings. The maximum Gasteiger partial charge on any atom is 0.416 e.